The Bertz CT molecular complexity index is 517. The van der Waals surface area contributed by atoms with E-state index in [9.17, 15) is 0 Å². The van der Waals surface area contributed by atoms with Gasteiger partial charge in [0.2, 0.25) is 0 Å². The molecular formula is C11H8N2OS2. The van der Waals surface area contributed by atoms with Gasteiger partial charge in [-0.25, -0.2) is 4.98 Å². The van der Waals surface area contributed by atoms with Crippen LogP contribution in [0.25, 0.3) is 0 Å². The zero-order valence-electron chi connectivity index (χ0n) is 8.51. The summed E-state index contributed by atoms with van der Waals surface area (Å²) in [7, 11) is 1.61. The molecule has 2 aromatic rings. The van der Waals surface area contributed by atoms with Gasteiger partial charge in [-0.05, 0) is 18.2 Å². The summed E-state index contributed by atoms with van der Waals surface area (Å²) in [5, 5.41) is 10.9. The highest BCUT2D eigenvalue weighted by atomic mass is 32.2. The molecule has 0 atom stereocenters. The topological polar surface area (TPSA) is 45.9 Å². The summed E-state index contributed by atoms with van der Waals surface area (Å²) in [6.07, 6.45) is 1.75. The molecule has 0 amide bonds. The number of nitrogens with zero attached hydrogens (tertiary/aromatic N) is 2. The zero-order chi connectivity index (χ0) is 11.4. The SMILES string of the molecule is COc1ccc(C#N)c(Sc2nccs2)c1. The van der Waals surface area contributed by atoms with Gasteiger partial charge < -0.3 is 4.74 Å². The highest BCUT2D eigenvalue weighted by molar-refractivity contribution is 8.01. The largest absolute Gasteiger partial charge is 0.497 e. The third kappa shape index (κ3) is 2.35. The van der Waals surface area contributed by atoms with Crippen molar-refractivity contribution < 1.29 is 4.74 Å². The van der Waals surface area contributed by atoms with Crippen molar-refractivity contribution in [2.24, 2.45) is 0 Å². The standard InChI is InChI=1S/C11H8N2OS2/c1-14-9-3-2-8(7-12)10(6-9)16-11-13-4-5-15-11/h2-6H,1H3. The molecule has 0 spiro atoms. The van der Waals surface area contributed by atoms with Crippen molar-refractivity contribution in [2.45, 2.75) is 9.24 Å². The molecular weight excluding hydrogens is 240 g/mol. The molecule has 16 heavy (non-hydrogen) atoms. The van der Waals surface area contributed by atoms with Crippen LogP contribution in [-0.4, -0.2) is 12.1 Å². The van der Waals surface area contributed by atoms with Crippen LogP contribution in [0.5, 0.6) is 5.75 Å². The van der Waals surface area contributed by atoms with E-state index in [2.05, 4.69) is 11.1 Å². The van der Waals surface area contributed by atoms with Crippen LogP contribution >= 0.6 is 23.1 Å². The first-order valence-electron chi connectivity index (χ1n) is 4.49. The molecule has 3 nitrogen and oxygen atoms in total. The summed E-state index contributed by atoms with van der Waals surface area (Å²) >= 11 is 3.03. The van der Waals surface area contributed by atoms with Crippen LogP contribution in [0, 0.1) is 11.3 Å². The maximum absolute atomic E-state index is 8.99. The fourth-order valence-electron chi connectivity index (χ4n) is 1.16. The number of aromatic nitrogens is 1. The molecule has 1 aromatic carbocycles. The summed E-state index contributed by atoms with van der Waals surface area (Å²) in [6, 6.07) is 7.55. The Morgan fingerprint density at radius 2 is 2.38 bits per heavy atom. The lowest BCUT2D eigenvalue weighted by molar-refractivity contribution is 0.413. The first-order valence-corrected chi connectivity index (χ1v) is 6.18. The number of rotatable bonds is 3. The smallest absolute Gasteiger partial charge is 0.154 e. The van der Waals surface area contributed by atoms with Crippen LogP contribution in [0.3, 0.4) is 0 Å². The highest BCUT2D eigenvalue weighted by Gasteiger charge is 2.07. The van der Waals surface area contributed by atoms with E-state index >= 15 is 0 Å². The summed E-state index contributed by atoms with van der Waals surface area (Å²) < 4.78 is 6.05. The molecule has 5 heteroatoms. The van der Waals surface area contributed by atoms with Crippen molar-refractivity contribution in [1.82, 2.24) is 4.98 Å². The minimum absolute atomic E-state index is 0.640. The highest BCUT2D eigenvalue weighted by Crippen LogP contribution is 2.33. The molecule has 0 aliphatic carbocycles. The van der Waals surface area contributed by atoms with Crippen molar-refractivity contribution in [1.29, 1.82) is 5.26 Å². The van der Waals surface area contributed by atoms with E-state index in [0.717, 1.165) is 15.0 Å². The van der Waals surface area contributed by atoms with E-state index in [1.54, 1.807) is 36.8 Å². The van der Waals surface area contributed by atoms with E-state index in [1.807, 2.05) is 11.4 Å². The summed E-state index contributed by atoms with van der Waals surface area (Å²) in [5.41, 5.74) is 0.640. The average Bonchev–Trinajstić information content (AvgIpc) is 2.82. The number of nitriles is 1. The van der Waals surface area contributed by atoms with Gasteiger partial charge in [-0.3, -0.25) is 0 Å². The third-order valence-electron chi connectivity index (χ3n) is 1.92. The van der Waals surface area contributed by atoms with Gasteiger partial charge in [-0.15, -0.1) is 11.3 Å². The van der Waals surface area contributed by atoms with Gasteiger partial charge in [0.25, 0.3) is 0 Å². The van der Waals surface area contributed by atoms with Crippen molar-refractivity contribution in [2.75, 3.05) is 7.11 Å². The Balaban J connectivity index is 2.34. The molecule has 1 heterocycles. The minimum atomic E-state index is 0.640. The van der Waals surface area contributed by atoms with Crippen LogP contribution in [0.2, 0.25) is 0 Å². The molecule has 0 N–H and O–H groups in total. The van der Waals surface area contributed by atoms with Gasteiger partial charge in [-0.1, -0.05) is 11.8 Å². The quantitative estimate of drug-likeness (QED) is 0.837. The first kappa shape index (κ1) is 11.0. The third-order valence-corrected chi connectivity index (χ3v) is 3.86. The molecule has 0 aliphatic heterocycles. The average molecular weight is 248 g/mol. The normalized spacial score (nSPS) is 9.75. The molecule has 0 bridgehead atoms. The molecule has 0 radical (unpaired) electrons. The van der Waals surface area contributed by atoms with Crippen molar-refractivity contribution in [3.05, 3.63) is 35.3 Å². The number of thiazole rings is 1. The van der Waals surface area contributed by atoms with Crippen LogP contribution in [-0.2, 0) is 0 Å². The van der Waals surface area contributed by atoms with E-state index in [1.165, 1.54) is 11.8 Å². The molecule has 0 fully saturated rings. The Labute approximate surface area is 102 Å². The maximum atomic E-state index is 8.99. The van der Waals surface area contributed by atoms with Gasteiger partial charge in [-0.2, -0.15) is 5.26 Å². The second-order valence-electron chi connectivity index (χ2n) is 2.87. The second-order valence-corrected chi connectivity index (χ2v) is 5.06. The number of hydrogen-bond donors (Lipinski definition) is 0. The number of ether oxygens (including phenoxy) is 1. The van der Waals surface area contributed by atoms with Crippen LogP contribution in [0.1, 0.15) is 5.56 Å². The lowest BCUT2D eigenvalue weighted by Crippen LogP contribution is -1.86. The van der Waals surface area contributed by atoms with Gasteiger partial charge >= 0.3 is 0 Å². The maximum Gasteiger partial charge on any atom is 0.154 e. The summed E-state index contributed by atoms with van der Waals surface area (Å²) in [5.74, 6) is 0.748. The number of benzene rings is 1. The predicted molar refractivity (Wildman–Crippen MR) is 63.9 cm³/mol. The summed E-state index contributed by atoms with van der Waals surface area (Å²) in [4.78, 5) is 5.05. The van der Waals surface area contributed by atoms with E-state index in [0.29, 0.717) is 5.56 Å². The number of hydrogen-bond acceptors (Lipinski definition) is 5. The van der Waals surface area contributed by atoms with E-state index in [4.69, 9.17) is 10.00 Å². The van der Waals surface area contributed by atoms with Gasteiger partial charge in [0.15, 0.2) is 4.34 Å². The molecule has 1 aromatic heterocycles. The van der Waals surface area contributed by atoms with Crippen molar-refractivity contribution >= 4 is 23.1 Å². The van der Waals surface area contributed by atoms with Gasteiger partial charge in [0, 0.05) is 16.5 Å². The monoisotopic (exact) mass is 248 g/mol. The fraction of sp³-hybridized carbons (Fsp3) is 0.0909. The Morgan fingerprint density at radius 3 is 3.00 bits per heavy atom. The zero-order valence-corrected chi connectivity index (χ0v) is 10.1. The minimum Gasteiger partial charge on any atom is -0.497 e. The molecule has 80 valence electrons. The van der Waals surface area contributed by atoms with Crippen molar-refractivity contribution in [3.8, 4) is 11.8 Å². The Kier molecular flexibility index (Phi) is 3.44. The molecule has 0 aliphatic rings. The second kappa shape index (κ2) is 5.01. The van der Waals surface area contributed by atoms with Gasteiger partial charge in [0.05, 0.1) is 12.7 Å². The van der Waals surface area contributed by atoms with E-state index < -0.39 is 0 Å². The molecule has 2 rings (SSSR count). The van der Waals surface area contributed by atoms with Gasteiger partial charge in [0.1, 0.15) is 11.8 Å². The lowest BCUT2D eigenvalue weighted by Gasteiger charge is -2.04. The van der Waals surface area contributed by atoms with Crippen molar-refractivity contribution in [3.63, 3.8) is 0 Å². The lowest BCUT2D eigenvalue weighted by atomic mass is 10.2. The Morgan fingerprint density at radius 1 is 1.50 bits per heavy atom. The van der Waals surface area contributed by atoms with Crippen LogP contribution in [0.15, 0.2) is 39.0 Å². The first-order chi connectivity index (χ1) is 7.83. The summed E-state index contributed by atoms with van der Waals surface area (Å²) in [6.45, 7) is 0. The van der Waals surface area contributed by atoms with Crippen LogP contribution in [0.4, 0.5) is 0 Å². The predicted octanol–water partition coefficient (Wildman–Crippen LogP) is 3.17. The molecule has 0 saturated heterocycles. The van der Waals surface area contributed by atoms with Crippen LogP contribution < -0.4 is 4.74 Å². The van der Waals surface area contributed by atoms with E-state index in [-0.39, 0.29) is 0 Å². The number of methoxy groups -OCH3 is 1. The molecule has 0 unspecified atom stereocenters. The fourth-order valence-corrected chi connectivity index (χ4v) is 2.85. The Hall–Kier alpha value is -1.51. The molecule has 0 saturated carbocycles.